The third-order valence-corrected chi connectivity index (χ3v) is 6.24. The minimum absolute atomic E-state index is 0.181. The third kappa shape index (κ3) is 5.06. The summed E-state index contributed by atoms with van der Waals surface area (Å²) < 4.78 is 41.2. The SMILES string of the molecule is O=C(NSc1cc(Sc2ccccc2)cs1)c1ccc(C(F)(F)F)cc1. The van der Waals surface area contributed by atoms with Crippen LogP contribution in [0.4, 0.5) is 13.2 Å². The molecule has 3 aromatic rings. The van der Waals surface area contributed by atoms with Crippen LogP contribution in [0.3, 0.4) is 0 Å². The number of amides is 1. The minimum atomic E-state index is -4.41. The summed E-state index contributed by atoms with van der Waals surface area (Å²) in [5, 5.41) is 1.99. The third-order valence-electron chi connectivity index (χ3n) is 3.25. The van der Waals surface area contributed by atoms with Crippen LogP contribution in [0.1, 0.15) is 15.9 Å². The van der Waals surface area contributed by atoms with Gasteiger partial charge in [-0.2, -0.15) is 13.2 Å². The van der Waals surface area contributed by atoms with Gasteiger partial charge in [-0.3, -0.25) is 9.52 Å². The van der Waals surface area contributed by atoms with E-state index in [1.165, 1.54) is 23.5 Å². The number of hydrogen-bond donors (Lipinski definition) is 1. The second kappa shape index (κ2) is 8.20. The lowest BCUT2D eigenvalue weighted by Crippen LogP contribution is -2.15. The molecule has 8 heteroatoms. The molecule has 0 saturated carbocycles. The number of thiophene rings is 1. The zero-order valence-corrected chi connectivity index (χ0v) is 15.6. The summed E-state index contributed by atoms with van der Waals surface area (Å²) in [6.45, 7) is 0. The van der Waals surface area contributed by atoms with Gasteiger partial charge >= 0.3 is 6.18 Å². The molecular formula is C18H12F3NOS3. The Morgan fingerprint density at radius 3 is 2.31 bits per heavy atom. The number of nitrogens with one attached hydrogen (secondary N) is 1. The van der Waals surface area contributed by atoms with Crippen LogP contribution in [-0.2, 0) is 6.18 Å². The van der Waals surface area contributed by atoms with Gasteiger partial charge in [-0.25, -0.2) is 0 Å². The molecule has 0 aliphatic rings. The van der Waals surface area contributed by atoms with Crippen LogP contribution in [0, 0.1) is 0 Å². The molecule has 0 aliphatic carbocycles. The van der Waals surface area contributed by atoms with Crippen molar-refractivity contribution >= 4 is 41.0 Å². The Morgan fingerprint density at radius 2 is 1.65 bits per heavy atom. The molecule has 1 amide bonds. The minimum Gasteiger partial charge on any atom is -0.291 e. The Hall–Kier alpha value is -1.90. The first kappa shape index (κ1) is 18.9. The molecule has 3 rings (SSSR count). The summed E-state index contributed by atoms with van der Waals surface area (Å²) in [5.74, 6) is -0.436. The van der Waals surface area contributed by atoms with Gasteiger partial charge in [-0.05, 0) is 54.4 Å². The fourth-order valence-corrected chi connectivity index (χ4v) is 4.68. The molecule has 0 aliphatic heterocycles. The number of carbonyl (C=O) groups is 1. The van der Waals surface area contributed by atoms with Crippen LogP contribution in [-0.4, -0.2) is 5.91 Å². The van der Waals surface area contributed by atoms with Gasteiger partial charge in [0.1, 0.15) is 0 Å². The van der Waals surface area contributed by atoms with E-state index in [1.807, 2.05) is 41.8 Å². The smallest absolute Gasteiger partial charge is 0.291 e. The molecule has 0 fully saturated rings. The normalized spacial score (nSPS) is 11.3. The van der Waals surface area contributed by atoms with E-state index in [2.05, 4.69) is 4.72 Å². The van der Waals surface area contributed by atoms with Gasteiger partial charge in [0.05, 0.1) is 9.77 Å². The molecule has 0 radical (unpaired) electrons. The fraction of sp³-hybridized carbons (Fsp3) is 0.0556. The van der Waals surface area contributed by atoms with Gasteiger partial charge < -0.3 is 0 Å². The van der Waals surface area contributed by atoms with Crippen LogP contribution in [0.25, 0.3) is 0 Å². The van der Waals surface area contributed by atoms with E-state index in [0.717, 1.165) is 38.1 Å². The summed E-state index contributed by atoms with van der Waals surface area (Å²) in [7, 11) is 0. The van der Waals surface area contributed by atoms with Crippen LogP contribution in [0.2, 0.25) is 0 Å². The van der Waals surface area contributed by atoms with Crippen molar-refractivity contribution in [1.29, 1.82) is 0 Å². The zero-order valence-electron chi connectivity index (χ0n) is 13.1. The van der Waals surface area contributed by atoms with Crippen molar-refractivity contribution in [2.24, 2.45) is 0 Å². The highest BCUT2D eigenvalue weighted by atomic mass is 32.2. The summed E-state index contributed by atoms with van der Waals surface area (Å²) >= 11 is 4.26. The average Bonchev–Trinajstić information content (AvgIpc) is 3.07. The second-order valence-corrected chi connectivity index (χ2v) is 8.29. The predicted molar refractivity (Wildman–Crippen MR) is 99.7 cm³/mol. The second-order valence-electron chi connectivity index (χ2n) is 5.12. The highest BCUT2D eigenvalue weighted by Gasteiger charge is 2.30. The molecule has 26 heavy (non-hydrogen) atoms. The lowest BCUT2D eigenvalue weighted by molar-refractivity contribution is -0.137. The molecule has 2 aromatic carbocycles. The fourth-order valence-electron chi connectivity index (χ4n) is 2.00. The number of carbonyl (C=O) groups excluding carboxylic acids is 1. The summed E-state index contributed by atoms with van der Waals surface area (Å²) in [6, 6.07) is 16.0. The molecular weight excluding hydrogens is 399 g/mol. The van der Waals surface area contributed by atoms with Crippen molar-refractivity contribution < 1.29 is 18.0 Å². The lowest BCUT2D eigenvalue weighted by Gasteiger charge is -2.07. The molecule has 134 valence electrons. The summed E-state index contributed by atoms with van der Waals surface area (Å²) in [5.41, 5.74) is -0.594. The first-order valence-electron chi connectivity index (χ1n) is 7.38. The molecule has 1 heterocycles. The molecule has 2 nitrogen and oxygen atoms in total. The monoisotopic (exact) mass is 411 g/mol. The number of benzene rings is 2. The summed E-state index contributed by atoms with van der Waals surface area (Å²) in [4.78, 5) is 14.2. The molecule has 0 atom stereocenters. The van der Waals surface area contributed by atoms with Crippen molar-refractivity contribution in [2.45, 2.75) is 20.2 Å². The van der Waals surface area contributed by atoms with Crippen molar-refractivity contribution in [3.63, 3.8) is 0 Å². The topological polar surface area (TPSA) is 29.1 Å². The standard InChI is InChI=1S/C18H12F3NOS3/c19-18(20,21)13-8-6-12(7-9-13)17(23)22-26-16-10-15(11-24-16)25-14-4-2-1-3-5-14/h1-11H,(H,22,23). The van der Waals surface area contributed by atoms with E-state index in [4.69, 9.17) is 0 Å². The largest absolute Gasteiger partial charge is 0.416 e. The van der Waals surface area contributed by atoms with E-state index in [9.17, 15) is 18.0 Å². The Labute approximate surface area is 161 Å². The van der Waals surface area contributed by atoms with E-state index in [-0.39, 0.29) is 5.56 Å². The van der Waals surface area contributed by atoms with Crippen molar-refractivity contribution in [3.8, 4) is 0 Å². The number of hydrogen-bond acceptors (Lipinski definition) is 4. The van der Waals surface area contributed by atoms with E-state index in [1.54, 1.807) is 11.8 Å². The van der Waals surface area contributed by atoms with Crippen LogP contribution < -0.4 is 4.72 Å². The van der Waals surface area contributed by atoms with Gasteiger partial charge in [-0.15, -0.1) is 11.3 Å². The van der Waals surface area contributed by atoms with Crippen molar-refractivity contribution in [3.05, 3.63) is 77.2 Å². The first-order chi connectivity index (χ1) is 12.4. The summed E-state index contributed by atoms with van der Waals surface area (Å²) in [6.07, 6.45) is -4.41. The van der Waals surface area contributed by atoms with Gasteiger partial charge in [0.25, 0.3) is 5.91 Å². The Kier molecular flexibility index (Phi) is 5.95. The van der Waals surface area contributed by atoms with Crippen molar-refractivity contribution in [1.82, 2.24) is 4.72 Å². The lowest BCUT2D eigenvalue weighted by atomic mass is 10.1. The Balaban J connectivity index is 1.56. The molecule has 1 N–H and O–H groups in total. The molecule has 1 aromatic heterocycles. The number of alkyl halides is 3. The van der Waals surface area contributed by atoms with Gasteiger partial charge in [0.2, 0.25) is 0 Å². The van der Waals surface area contributed by atoms with Crippen LogP contribution in [0.5, 0.6) is 0 Å². The number of rotatable bonds is 5. The van der Waals surface area contributed by atoms with E-state index < -0.39 is 17.6 Å². The highest BCUT2D eigenvalue weighted by Crippen LogP contribution is 2.34. The molecule has 0 bridgehead atoms. The maximum Gasteiger partial charge on any atom is 0.416 e. The Morgan fingerprint density at radius 1 is 0.962 bits per heavy atom. The zero-order chi connectivity index (χ0) is 18.6. The molecule has 0 unspecified atom stereocenters. The predicted octanol–water partition coefficient (Wildman–Crippen LogP) is 6.36. The average molecular weight is 411 g/mol. The molecule has 0 spiro atoms. The van der Waals surface area contributed by atoms with Crippen LogP contribution >= 0.6 is 35.0 Å². The van der Waals surface area contributed by atoms with Crippen molar-refractivity contribution in [2.75, 3.05) is 0 Å². The van der Waals surface area contributed by atoms with E-state index >= 15 is 0 Å². The van der Waals surface area contributed by atoms with Crippen LogP contribution in [0.15, 0.2) is 80.0 Å². The first-order valence-corrected chi connectivity index (χ1v) is 9.89. The van der Waals surface area contributed by atoms with E-state index in [0.29, 0.717) is 0 Å². The maximum absolute atomic E-state index is 12.5. The highest BCUT2D eigenvalue weighted by molar-refractivity contribution is 8.00. The van der Waals surface area contributed by atoms with Gasteiger partial charge in [0.15, 0.2) is 0 Å². The maximum atomic E-state index is 12.5. The Bertz CT molecular complexity index is 877. The number of halogens is 3. The molecule has 0 saturated heterocycles. The van der Waals surface area contributed by atoms with Gasteiger partial charge in [-0.1, -0.05) is 30.0 Å². The quantitative estimate of drug-likeness (QED) is 0.496. The van der Waals surface area contributed by atoms with Gasteiger partial charge in [0, 0.05) is 20.7 Å².